The van der Waals surface area contributed by atoms with Crippen molar-refractivity contribution in [1.29, 1.82) is 0 Å². The van der Waals surface area contributed by atoms with E-state index in [9.17, 15) is 4.79 Å². The third-order valence-electron chi connectivity index (χ3n) is 3.24. The molecular formula is C12H23NO. The van der Waals surface area contributed by atoms with E-state index in [0.29, 0.717) is 11.8 Å². The van der Waals surface area contributed by atoms with Crippen molar-refractivity contribution in [1.82, 2.24) is 5.32 Å². The van der Waals surface area contributed by atoms with Gasteiger partial charge in [0.15, 0.2) is 0 Å². The standard InChI is InChI=1S/C12H23NO/c1-11(2)5-6-12(3,4)9-10(14)13-8-7-11/h5-9H2,1-4H3,(H,13,14). The van der Waals surface area contributed by atoms with Crippen LogP contribution in [0.3, 0.4) is 0 Å². The van der Waals surface area contributed by atoms with Gasteiger partial charge in [0.05, 0.1) is 0 Å². The summed E-state index contributed by atoms with van der Waals surface area (Å²) in [5.41, 5.74) is 0.528. The molecule has 14 heavy (non-hydrogen) atoms. The Morgan fingerprint density at radius 1 is 1.00 bits per heavy atom. The molecule has 2 heteroatoms. The predicted molar refractivity (Wildman–Crippen MR) is 59.0 cm³/mol. The molecule has 1 fully saturated rings. The van der Waals surface area contributed by atoms with Gasteiger partial charge in [-0.1, -0.05) is 27.7 Å². The Hall–Kier alpha value is -0.530. The number of rotatable bonds is 0. The summed E-state index contributed by atoms with van der Waals surface area (Å²) in [6, 6.07) is 0. The molecule has 1 rings (SSSR count). The minimum absolute atomic E-state index is 0.158. The van der Waals surface area contributed by atoms with Crippen LogP contribution in [-0.4, -0.2) is 12.5 Å². The number of hydrogen-bond acceptors (Lipinski definition) is 1. The Morgan fingerprint density at radius 2 is 1.57 bits per heavy atom. The lowest BCUT2D eigenvalue weighted by Crippen LogP contribution is -2.28. The zero-order valence-corrected chi connectivity index (χ0v) is 9.94. The Labute approximate surface area is 87.5 Å². The van der Waals surface area contributed by atoms with Gasteiger partial charge in [-0.2, -0.15) is 0 Å². The summed E-state index contributed by atoms with van der Waals surface area (Å²) in [5, 5.41) is 3.00. The predicted octanol–water partition coefficient (Wildman–Crippen LogP) is 2.73. The number of carbonyl (C=O) groups excluding carboxylic acids is 1. The SMILES string of the molecule is CC1(C)CCNC(=O)CC(C)(C)CC1. The summed E-state index contributed by atoms with van der Waals surface area (Å²) in [5.74, 6) is 0.215. The third-order valence-corrected chi connectivity index (χ3v) is 3.24. The summed E-state index contributed by atoms with van der Waals surface area (Å²) >= 11 is 0. The molecule has 0 aromatic rings. The van der Waals surface area contributed by atoms with E-state index < -0.39 is 0 Å². The molecule has 1 heterocycles. The molecule has 0 spiro atoms. The first-order valence-electron chi connectivity index (χ1n) is 5.58. The van der Waals surface area contributed by atoms with Crippen LogP contribution >= 0.6 is 0 Å². The smallest absolute Gasteiger partial charge is 0.220 e. The van der Waals surface area contributed by atoms with E-state index in [2.05, 4.69) is 33.0 Å². The molecule has 1 amide bonds. The molecule has 0 radical (unpaired) electrons. The van der Waals surface area contributed by atoms with Gasteiger partial charge in [-0.3, -0.25) is 4.79 Å². The Balaban J connectivity index is 2.67. The Kier molecular flexibility index (Phi) is 3.23. The van der Waals surface area contributed by atoms with Gasteiger partial charge in [-0.05, 0) is 30.1 Å². The lowest BCUT2D eigenvalue weighted by molar-refractivity contribution is -0.122. The summed E-state index contributed by atoms with van der Waals surface area (Å²) in [4.78, 5) is 11.5. The molecule has 0 unspecified atom stereocenters. The van der Waals surface area contributed by atoms with Crippen LogP contribution in [-0.2, 0) is 4.79 Å². The van der Waals surface area contributed by atoms with Gasteiger partial charge >= 0.3 is 0 Å². The average Bonchev–Trinajstić information content (AvgIpc) is 2.02. The van der Waals surface area contributed by atoms with Gasteiger partial charge in [0, 0.05) is 13.0 Å². The molecule has 0 saturated carbocycles. The Bertz CT molecular complexity index is 218. The Morgan fingerprint density at radius 3 is 2.21 bits per heavy atom. The molecule has 1 saturated heterocycles. The summed E-state index contributed by atoms with van der Waals surface area (Å²) in [7, 11) is 0. The fourth-order valence-electron chi connectivity index (χ4n) is 1.93. The van der Waals surface area contributed by atoms with Crippen LogP contribution in [0.2, 0.25) is 0 Å². The molecule has 1 aliphatic rings. The average molecular weight is 197 g/mol. The largest absolute Gasteiger partial charge is 0.356 e. The highest BCUT2D eigenvalue weighted by atomic mass is 16.1. The lowest BCUT2D eigenvalue weighted by atomic mass is 9.76. The van der Waals surface area contributed by atoms with Crippen molar-refractivity contribution in [2.75, 3.05) is 6.54 Å². The van der Waals surface area contributed by atoms with Crippen molar-refractivity contribution < 1.29 is 4.79 Å². The summed E-state index contributed by atoms with van der Waals surface area (Å²) in [6.07, 6.45) is 4.13. The highest BCUT2D eigenvalue weighted by Crippen LogP contribution is 2.35. The van der Waals surface area contributed by atoms with Crippen LogP contribution in [0.4, 0.5) is 0 Å². The highest BCUT2D eigenvalue weighted by Gasteiger charge is 2.28. The molecule has 1 aliphatic heterocycles. The van der Waals surface area contributed by atoms with Gasteiger partial charge in [0.1, 0.15) is 0 Å². The maximum absolute atomic E-state index is 11.5. The van der Waals surface area contributed by atoms with E-state index in [-0.39, 0.29) is 11.3 Å². The minimum Gasteiger partial charge on any atom is -0.356 e. The van der Waals surface area contributed by atoms with E-state index in [4.69, 9.17) is 0 Å². The normalized spacial score (nSPS) is 27.0. The second-order valence-electron chi connectivity index (χ2n) is 6.11. The molecular weight excluding hydrogens is 174 g/mol. The minimum atomic E-state index is 0.158. The molecule has 82 valence electrons. The monoisotopic (exact) mass is 197 g/mol. The molecule has 0 aromatic heterocycles. The molecule has 0 atom stereocenters. The molecule has 1 N–H and O–H groups in total. The van der Waals surface area contributed by atoms with Crippen LogP contribution < -0.4 is 5.32 Å². The van der Waals surface area contributed by atoms with Crippen LogP contribution in [0.1, 0.15) is 53.4 Å². The molecule has 0 bridgehead atoms. The van der Waals surface area contributed by atoms with Crippen LogP contribution in [0, 0.1) is 10.8 Å². The first-order chi connectivity index (χ1) is 6.31. The van der Waals surface area contributed by atoms with Crippen molar-refractivity contribution in [3.8, 4) is 0 Å². The van der Waals surface area contributed by atoms with Crippen LogP contribution in [0.5, 0.6) is 0 Å². The molecule has 0 aliphatic carbocycles. The van der Waals surface area contributed by atoms with Gasteiger partial charge in [0.2, 0.25) is 5.91 Å². The van der Waals surface area contributed by atoms with E-state index in [1.807, 2.05) is 0 Å². The van der Waals surface area contributed by atoms with Crippen molar-refractivity contribution in [2.24, 2.45) is 10.8 Å². The van der Waals surface area contributed by atoms with Crippen LogP contribution in [0.15, 0.2) is 0 Å². The quantitative estimate of drug-likeness (QED) is 0.635. The fourth-order valence-corrected chi connectivity index (χ4v) is 1.93. The second-order valence-corrected chi connectivity index (χ2v) is 6.11. The van der Waals surface area contributed by atoms with Crippen molar-refractivity contribution in [2.45, 2.75) is 53.4 Å². The fraction of sp³-hybridized carbons (Fsp3) is 0.917. The van der Waals surface area contributed by atoms with Gasteiger partial charge < -0.3 is 5.32 Å². The third kappa shape index (κ3) is 3.69. The molecule has 2 nitrogen and oxygen atoms in total. The first kappa shape index (κ1) is 11.5. The van der Waals surface area contributed by atoms with Crippen LogP contribution in [0.25, 0.3) is 0 Å². The van der Waals surface area contributed by atoms with Crippen molar-refractivity contribution in [3.05, 3.63) is 0 Å². The number of hydrogen-bond donors (Lipinski definition) is 1. The maximum atomic E-state index is 11.5. The van der Waals surface area contributed by atoms with Crippen molar-refractivity contribution >= 4 is 5.91 Å². The lowest BCUT2D eigenvalue weighted by Gasteiger charge is -2.28. The van der Waals surface area contributed by atoms with Gasteiger partial charge in [-0.25, -0.2) is 0 Å². The molecule has 0 aromatic carbocycles. The van der Waals surface area contributed by atoms with Gasteiger partial charge in [0.25, 0.3) is 0 Å². The first-order valence-corrected chi connectivity index (χ1v) is 5.58. The summed E-state index contributed by atoms with van der Waals surface area (Å²) in [6.45, 7) is 9.80. The number of amides is 1. The second kappa shape index (κ2) is 3.92. The zero-order valence-electron chi connectivity index (χ0n) is 9.94. The van der Waals surface area contributed by atoms with E-state index in [0.717, 1.165) is 19.4 Å². The maximum Gasteiger partial charge on any atom is 0.220 e. The number of carbonyl (C=O) groups is 1. The van der Waals surface area contributed by atoms with E-state index >= 15 is 0 Å². The highest BCUT2D eigenvalue weighted by molar-refractivity contribution is 5.76. The van der Waals surface area contributed by atoms with E-state index in [1.165, 1.54) is 6.42 Å². The van der Waals surface area contributed by atoms with Gasteiger partial charge in [-0.15, -0.1) is 0 Å². The van der Waals surface area contributed by atoms with Crippen molar-refractivity contribution in [3.63, 3.8) is 0 Å². The number of nitrogens with one attached hydrogen (secondary N) is 1. The van der Waals surface area contributed by atoms with E-state index in [1.54, 1.807) is 0 Å². The topological polar surface area (TPSA) is 29.1 Å². The summed E-state index contributed by atoms with van der Waals surface area (Å²) < 4.78 is 0. The zero-order chi connectivity index (χ0) is 10.8.